The molecular weight excluding hydrogens is 579 g/mol. The van der Waals surface area contributed by atoms with Crippen LogP contribution in [0, 0.1) is 0 Å². The quantitative estimate of drug-likeness (QED) is 0.220. The Morgan fingerprint density at radius 1 is 1.10 bits per heavy atom. The molecule has 1 aliphatic rings. The van der Waals surface area contributed by atoms with E-state index in [1.54, 1.807) is 35.2 Å². The molecule has 40 heavy (non-hydrogen) atoms. The molecule has 2 amide bonds. The SMILES string of the molecule is CC(=O)c1cn(CC(=O)N2C[C@H](F)C[C@H]2C(=O)Nc2cccc(Br)n2)c2ccc(-c3cnc4cccn4c3)cc12. The summed E-state index contributed by atoms with van der Waals surface area (Å²) in [6.45, 7) is 1.15. The van der Waals surface area contributed by atoms with Crippen molar-refractivity contribution in [2.24, 2.45) is 0 Å². The number of anilines is 1. The molecule has 0 spiro atoms. The number of nitrogens with one attached hydrogen (secondary N) is 1. The van der Waals surface area contributed by atoms with Gasteiger partial charge in [-0.3, -0.25) is 14.4 Å². The number of ketones is 1. The molecule has 0 bridgehead atoms. The molecule has 1 saturated heterocycles. The third-order valence-electron chi connectivity index (χ3n) is 7.11. The number of likely N-dealkylation sites (tertiary alicyclic amines) is 1. The van der Waals surface area contributed by atoms with Crippen LogP contribution in [-0.2, 0) is 16.1 Å². The van der Waals surface area contributed by atoms with Crippen molar-refractivity contribution in [1.82, 2.24) is 23.8 Å². The van der Waals surface area contributed by atoms with Crippen molar-refractivity contribution in [3.63, 3.8) is 0 Å². The minimum atomic E-state index is -1.32. The number of hydrogen-bond donors (Lipinski definition) is 1. The lowest BCUT2D eigenvalue weighted by atomic mass is 10.0. The summed E-state index contributed by atoms with van der Waals surface area (Å²) in [7, 11) is 0. The van der Waals surface area contributed by atoms with E-state index in [0.29, 0.717) is 26.9 Å². The Hall–Kier alpha value is -4.38. The van der Waals surface area contributed by atoms with E-state index in [2.05, 4.69) is 31.2 Å². The van der Waals surface area contributed by atoms with Crippen LogP contribution in [0.2, 0.25) is 0 Å². The molecule has 202 valence electrons. The predicted molar refractivity (Wildman–Crippen MR) is 152 cm³/mol. The summed E-state index contributed by atoms with van der Waals surface area (Å²) in [5, 5.41) is 3.37. The van der Waals surface area contributed by atoms with Crippen LogP contribution in [0.25, 0.3) is 27.7 Å². The minimum Gasteiger partial charge on any atom is -0.337 e. The lowest BCUT2D eigenvalue weighted by molar-refractivity contribution is -0.137. The Morgan fingerprint density at radius 3 is 2.75 bits per heavy atom. The van der Waals surface area contributed by atoms with E-state index in [9.17, 15) is 18.8 Å². The summed E-state index contributed by atoms with van der Waals surface area (Å²) in [6, 6.07) is 13.6. The number of nitrogens with zero attached hydrogens (tertiary/aromatic N) is 5. The van der Waals surface area contributed by atoms with E-state index in [-0.39, 0.29) is 25.3 Å². The van der Waals surface area contributed by atoms with Gasteiger partial charge >= 0.3 is 0 Å². The second-order valence-corrected chi connectivity index (χ2v) is 10.6. The highest BCUT2D eigenvalue weighted by Gasteiger charge is 2.40. The zero-order valence-electron chi connectivity index (χ0n) is 21.4. The van der Waals surface area contributed by atoms with Crippen LogP contribution >= 0.6 is 15.9 Å². The summed E-state index contributed by atoms with van der Waals surface area (Å²) in [5.41, 5.74) is 3.74. The maximum absolute atomic E-state index is 14.5. The molecular formula is C29H24BrFN6O3. The van der Waals surface area contributed by atoms with Gasteiger partial charge in [0.2, 0.25) is 11.8 Å². The zero-order valence-corrected chi connectivity index (χ0v) is 23.0. The number of fused-ring (bicyclic) bond motifs is 2. The lowest BCUT2D eigenvalue weighted by Crippen LogP contribution is -2.44. The van der Waals surface area contributed by atoms with Gasteiger partial charge in [0.25, 0.3) is 0 Å². The molecule has 5 aromatic rings. The molecule has 5 heterocycles. The lowest BCUT2D eigenvalue weighted by Gasteiger charge is -2.24. The van der Waals surface area contributed by atoms with Gasteiger partial charge in [-0.25, -0.2) is 14.4 Å². The molecule has 11 heteroatoms. The van der Waals surface area contributed by atoms with Crippen molar-refractivity contribution in [2.45, 2.75) is 32.1 Å². The molecule has 1 aliphatic heterocycles. The van der Waals surface area contributed by atoms with Crippen LogP contribution in [-0.4, -0.2) is 60.2 Å². The van der Waals surface area contributed by atoms with E-state index in [1.807, 2.05) is 47.1 Å². The van der Waals surface area contributed by atoms with Gasteiger partial charge in [0.05, 0.1) is 6.54 Å². The second kappa shape index (κ2) is 10.3. The maximum Gasteiger partial charge on any atom is 0.248 e. The van der Waals surface area contributed by atoms with Gasteiger partial charge in [-0.05, 0) is 64.8 Å². The number of rotatable bonds is 6. The van der Waals surface area contributed by atoms with E-state index in [1.165, 1.54) is 11.8 Å². The van der Waals surface area contributed by atoms with E-state index >= 15 is 0 Å². The predicted octanol–water partition coefficient (Wildman–Crippen LogP) is 4.89. The van der Waals surface area contributed by atoms with Crippen LogP contribution in [0.5, 0.6) is 0 Å². The van der Waals surface area contributed by atoms with Crippen LogP contribution in [0.4, 0.5) is 10.2 Å². The van der Waals surface area contributed by atoms with Crippen molar-refractivity contribution in [3.05, 3.63) is 83.5 Å². The molecule has 1 N–H and O–H groups in total. The standard InChI is InChI=1S/C29H24BrFN6O3/c1-17(38)22-15-36(23-8-7-18(10-21(22)23)19-12-32-27-6-3-9-35(27)13-19)16-28(39)37-14-20(31)11-24(37)29(40)34-26-5-2-4-25(30)33-26/h2-10,12-13,15,20,24H,11,14,16H2,1H3,(H,33,34,40)/t20-,24+/m1/s1. The van der Waals surface area contributed by atoms with Gasteiger partial charge in [-0.2, -0.15) is 0 Å². The highest BCUT2D eigenvalue weighted by Crippen LogP contribution is 2.29. The Bertz CT molecular complexity index is 1800. The largest absolute Gasteiger partial charge is 0.337 e. The van der Waals surface area contributed by atoms with Crippen LogP contribution < -0.4 is 5.32 Å². The molecule has 0 saturated carbocycles. The summed E-state index contributed by atoms with van der Waals surface area (Å²) in [4.78, 5) is 48.9. The van der Waals surface area contributed by atoms with Gasteiger partial charge in [0.1, 0.15) is 34.8 Å². The number of Topliss-reactive ketones (excluding diaryl/α,β-unsaturated/α-hetero) is 1. The number of hydrogen-bond acceptors (Lipinski definition) is 5. The number of aromatic nitrogens is 4. The van der Waals surface area contributed by atoms with Gasteiger partial charge in [-0.15, -0.1) is 0 Å². The second-order valence-electron chi connectivity index (χ2n) is 9.80. The van der Waals surface area contributed by atoms with Crippen molar-refractivity contribution < 1.29 is 18.8 Å². The zero-order chi connectivity index (χ0) is 28.0. The third-order valence-corrected chi connectivity index (χ3v) is 7.55. The number of amides is 2. The topological polar surface area (TPSA) is 102 Å². The van der Waals surface area contributed by atoms with Crippen LogP contribution in [0.15, 0.2) is 77.9 Å². The van der Waals surface area contributed by atoms with Crippen LogP contribution in [0.1, 0.15) is 23.7 Å². The maximum atomic E-state index is 14.5. The molecule has 2 atom stereocenters. The first-order valence-corrected chi connectivity index (χ1v) is 13.5. The Labute approximate surface area is 236 Å². The Kier molecular flexibility index (Phi) is 6.67. The monoisotopic (exact) mass is 602 g/mol. The molecule has 9 nitrogen and oxygen atoms in total. The molecule has 4 aromatic heterocycles. The fourth-order valence-electron chi connectivity index (χ4n) is 5.19. The first-order valence-electron chi connectivity index (χ1n) is 12.7. The number of carbonyl (C=O) groups excluding carboxylic acids is 3. The number of benzene rings is 1. The summed E-state index contributed by atoms with van der Waals surface area (Å²) < 4.78 is 18.6. The van der Waals surface area contributed by atoms with Gasteiger partial charge in [0.15, 0.2) is 5.78 Å². The first kappa shape index (κ1) is 25.9. The van der Waals surface area contributed by atoms with Crippen molar-refractivity contribution >= 4 is 55.9 Å². The molecule has 0 unspecified atom stereocenters. The van der Waals surface area contributed by atoms with Crippen molar-refractivity contribution in [2.75, 3.05) is 11.9 Å². The smallest absolute Gasteiger partial charge is 0.248 e. The first-order chi connectivity index (χ1) is 19.3. The van der Waals surface area contributed by atoms with Crippen molar-refractivity contribution in [3.8, 4) is 11.1 Å². The summed E-state index contributed by atoms with van der Waals surface area (Å²) in [6.07, 6.45) is 5.88. The fraction of sp³-hybridized carbons (Fsp3) is 0.207. The van der Waals surface area contributed by atoms with Gasteiger partial charge in [-0.1, -0.05) is 12.1 Å². The fourth-order valence-corrected chi connectivity index (χ4v) is 5.54. The number of alkyl halides is 1. The van der Waals surface area contributed by atoms with Gasteiger partial charge in [0, 0.05) is 53.2 Å². The Morgan fingerprint density at radius 2 is 1.95 bits per heavy atom. The van der Waals surface area contributed by atoms with E-state index in [4.69, 9.17) is 0 Å². The average Bonchev–Trinajstić information content (AvgIpc) is 3.65. The Balaban J connectivity index is 1.28. The minimum absolute atomic E-state index is 0.0974. The molecule has 6 rings (SSSR count). The van der Waals surface area contributed by atoms with Gasteiger partial charge < -0.3 is 19.2 Å². The molecule has 1 fully saturated rings. The molecule has 0 radical (unpaired) electrons. The molecule has 0 aliphatic carbocycles. The van der Waals surface area contributed by atoms with E-state index in [0.717, 1.165) is 16.8 Å². The highest BCUT2D eigenvalue weighted by atomic mass is 79.9. The summed E-state index contributed by atoms with van der Waals surface area (Å²) in [5.74, 6) is -0.755. The average molecular weight is 603 g/mol. The number of halogens is 2. The normalized spacial score (nSPS) is 17.0. The van der Waals surface area contributed by atoms with E-state index < -0.39 is 24.0 Å². The molecule has 1 aromatic carbocycles. The third kappa shape index (κ3) is 4.88. The van der Waals surface area contributed by atoms with Crippen molar-refractivity contribution in [1.29, 1.82) is 0 Å². The van der Waals surface area contributed by atoms with Crippen LogP contribution in [0.3, 0.4) is 0 Å². The number of pyridine rings is 1. The highest BCUT2D eigenvalue weighted by molar-refractivity contribution is 9.10. The summed E-state index contributed by atoms with van der Waals surface area (Å²) >= 11 is 3.26. The number of carbonyl (C=O) groups is 3.